The van der Waals surface area contributed by atoms with Crippen LogP contribution >= 0.6 is 0 Å². The number of nitrogens with zero attached hydrogens (tertiary/aromatic N) is 5. The van der Waals surface area contributed by atoms with E-state index in [4.69, 9.17) is 5.10 Å². The zero-order valence-electron chi connectivity index (χ0n) is 26.2. The van der Waals surface area contributed by atoms with Gasteiger partial charge in [-0.2, -0.15) is 5.10 Å². The standard InChI is InChI=1S/C36H39N7O2/c1-24-12-14-28(15-13-24)43-33(22-32(41-43)36(2,3)4)40-35(45)38-27-9-7-8-26(21-27)20-25-16-18-42(19-17-25)34(44)31-23-37-29-10-5-6-11-30(29)39-31/h5-15,21-23,25H,16-20H2,1-4H3,(H2,38,40,45). The first-order valence-electron chi connectivity index (χ1n) is 15.5. The van der Waals surface area contributed by atoms with Crippen LogP contribution in [-0.4, -0.2) is 49.7 Å². The van der Waals surface area contributed by atoms with Crippen molar-refractivity contribution in [3.8, 4) is 5.69 Å². The summed E-state index contributed by atoms with van der Waals surface area (Å²) in [6.45, 7) is 9.72. The predicted molar refractivity (Wildman–Crippen MR) is 178 cm³/mol. The summed E-state index contributed by atoms with van der Waals surface area (Å²) >= 11 is 0. The lowest BCUT2D eigenvalue weighted by Crippen LogP contribution is -2.39. The number of fused-ring (bicyclic) bond motifs is 1. The molecule has 3 aromatic carbocycles. The number of nitrogens with one attached hydrogen (secondary N) is 2. The molecular weight excluding hydrogens is 562 g/mol. The highest BCUT2D eigenvalue weighted by molar-refractivity contribution is 5.99. The van der Waals surface area contributed by atoms with Crippen LogP contribution in [0.1, 0.15) is 60.9 Å². The van der Waals surface area contributed by atoms with Crippen LogP contribution < -0.4 is 10.6 Å². The van der Waals surface area contributed by atoms with Gasteiger partial charge in [0.25, 0.3) is 5.91 Å². The molecule has 230 valence electrons. The van der Waals surface area contributed by atoms with E-state index in [1.54, 1.807) is 10.9 Å². The van der Waals surface area contributed by atoms with Gasteiger partial charge in [0.1, 0.15) is 11.5 Å². The topological polar surface area (TPSA) is 105 Å². The Morgan fingerprint density at radius 3 is 2.36 bits per heavy atom. The quantitative estimate of drug-likeness (QED) is 0.215. The lowest BCUT2D eigenvalue weighted by molar-refractivity contribution is 0.0684. The number of carbonyl (C=O) groups is 2. The van der Waals surface area contributed by atoms with Crippen molar-refractivity contribution < 1.29 is 9.59 Å². The molecule has 0 bridgehead atoms. The van der Waals surface area contributed by atoms with Crippen molar-refractivity contribution in [3.63, 3.8) is 0 Å². The molecule has 0 spiro atoms. The summed E-state index contributed by atoms with van der Waals surface area (Å²) < 4.78 is 1.78. The maximum atomic E-state index is 13.2. The number of amides is 3. The summed E-state index contributed by atoms with van der Waals surface area (Å²) in [7, 11) is 0. The minimum absolute atomic E-state index is 0.0674. The third-order valence-electron chi connectivity index (χ3n) is 8.28. The van der Waals surface area contributed by atoms with Crippen molar-refractivity contribution >= 4 is 34.5 Å². The molecule has 1 aliphatic heterocycles. The minimum Gasteiger partial charge on any atom is -0.337 e. The molecule has 45 heavy (non-hydrogen) atoms. The van der Waals surface area contributed by atoms with Gasteiger partial charge in [0.05, 0.1) is 28.6 Å². The fourth-order valence-electron chi connectivity index (χ4n) is 5.67. The Balaban J connectivity index is 1.06. The number of urea groups is 1. The maximum absolute atomic E-state index is 13.2. The molecule has 0 aliphatic carbocycles. The fourth-order valence-corrected chi connectivity index (χ4v) is 5.67. The van der Waals surface area contributed by atoms with E-state index in [0.29, 0.717) is 30.5 Å². The van der Waals surface area contributed by atoms with Crippen LogP contribution in [0.2, 0.25) is 0 Å². The molecule has 0 saturated carbocycles. The van der Waals surface area contributed by atoms with Crippen molar-refractivity contribution in [2.75, 3.05) is 23.7 Å². The average Bonchev–Trinajstić information content (AvgIpc) is 3.45. The van der Waals surface area contributed by atoms with E-state index in [1.807, 2.05) is 84.6 Å². The van der Waals surface area contributed by atoms with Crippen LogP contribution in [-0.2, 0) is 11.8 Å². The molecule has 9 heteroatoms. The van der Waals surface area contributed by atoms with E-state index >= 15 is 0 Å². The number of anilines is 2. The molecule has 1 fully saturated rings. The van der Waals surface area contributed by atoms with Gasteiger partial charge in [0, 0.05) is 30.3 Å². The lowest BCUT2D eigenvalue weighted by atomic mass is 9.90. The van der Waals surface area contributed by atoms with Gasteiger partial charge in [-0.05, 0) is 74.1 Å². The largest absolute Gasteiger partial charge is 0.337 e. The van der Waals surface area contributed by atoms with Crippen LogP contribution in [0.15, 0.2) is 85.1 Å². The number of piperidine rings is 1. The molecule has 1 aliphatic rings. The number of hydrogen-bond acceptors (Lipinski definition) is 5. The fraction of sp³-hybridized carbons (Fsp3) is 0.306. The lowest BCUT2D eigenvalue weighted by Gasteiger charge is -2.32. The number of aryl methyl sites for hydroxylation is 1. The normalized spacial score (nSPS) is 14.0. The van der Waals surface area contributed by atoms with Gasteiger partial charge < -0.3 is 10.2 Å². The first kappa shape index (κ1) is 30.0. The van der Waals surface area contributed by atoms with Gasteiger partial charge in [0.15, 0.2) is 0 Å². The monoisotopic (exact) mass is 601 g/mol. The molecule has 1 saturated heterocycles. The Labute approximate surface area is 263 Å². The highest BCUT2D eigenvalue weighted by Gasteiger charge is 2.25. The Bertz CT molecular complexity index is 1830. The van der Waals surface area contributed by atoms with Gasteiger partial charge >= 0.3 is 6.03 Å². The second kappa shape index (κ2) is 12.5. The van der Waals surface area contributed by atoms with Gasteiger partial charge in [-0.1, -0.05) is 62.7 Å². The first-order chi connectivity index (χ1) is 21.6. The number of benzene rings is 3. The van der Waals surface area contributed by atoms with Crippen LogP contribution in [0, 0.1) is 12.8 Å². The number of aromatic nitrogens is 4. The number of para-hydroxylation sites is 2. The number of rotatable bonds is 6. The van der Waals surface area contributed by atoms with Crippen molar-refractivity contribution in [2.45, 2.75) is 52.4 Å². The summed E-state index contributed by atoms with van der Waals surface area (Å²) in [5.41, 5.74) is 6.53. The number of hydrogen-bond donors (Lipinski definition) is 2. The smallest absolute Gasteiger partial charge is 0.324 e. The highest BCUT2D eigenvalue weighted by Crippen LogP contribution is 2.27. The van der Waals surface area contributed by atoms with E-state index in [1.165, 1.54) is 0 Å². The summed E-state index contributed by atoms with van der Waals surface area (Å²) in [4.78, 5) is 37.1. The van der Waals surface area contributed by atoms with E-state index in [9.17, 15) is 9.59 Å². The molecule has 0 atom stereocenters. The zero-order chi connectivity index (χ0) is 31.6. The van der Waals surface area contributed by atoms with Gasteiger partial charge in [0.2, 0.25) is 0 Å². The Morgan fingerprint density at radius 2 is 1.62 bits per heavy atom. The Morgan fingerprint density at radius 1 is 0.889 bits per heavy atom. The van der Waals surface area contributed by atoms with Crippen LogP contribution in [0.3, 0.4) is 0 Å². The van der Waals surface area contributed by atoms with Gasteiger partial charge in [-0.3, -0.25) is 15.1 Å². The number of carbonyl (C=O) groups excluding carboxylic acids is 2. The SMILES string of the molecule is Cc1ccc(-n2nc(C(C)(C)C)cc2NC(=O)Nc2cccc(CC3CCN(C(=O)c4cnc5ccccc5n4)CC3)c2)cc1. The Hall–Kier alpha value is -5.05. The van der Waals surface area contributed by atoms with Crippen molar-refractivity contribution in [1.29, 1.82) is 0 Å². The van der Waals surface area contributed by atoms with E-state index < -0.39 is 0 Å². The molecular formula is C36H39N7O2. The molecule has 3 heterocycles. The van der Waals surface area contributed by atoms with Crippen LogP contribution in [0.25, 0.3) is 16.7 Å². The summed E-state index contributed by atoms with van der Waals surface area (Å²) in [6, 6.07) is 25.2. The molecule has 0 unspecified atom stereocenters. The molecule has 5 aromatic rings. The second-order valence-electron chi connectivity index (χ2n) is 12.9. The predicted octanol–water partition coefficient (Wildman–Crippen LogP) is 7.16. The van der Waals surface area contributed by atoms with Crippen molar-refractivity contribution in [1.82, 2.24) is 24.6 Å². The van der Waals surface area contributed by atoms with Crippen molar-refractivity contribution in [3.05, 3.63) is 108 Å². The molecule has 6 rings (SSSR count). The molecule has 0 radical (unpaired) electrons. The Kier molecular flexibility index (Phi) is 8.34. The first-order valence-corrected chi connectivity index (χ1v) is 15.5. The number of likely N-dealkylation sites (tertiary alicyclic amines) is 1. The third kappa shape index (κ3) is 7.03. The van der Waals surface area contributed by atoms with Crippen LogP contribution in [0.4, 0.5) is 16.3 Å². The van der Waals surface area contributed by atoms with E-state index in [-0.39, 0.29) is 17.4 Å². The van der Waals surface area contributed by atoms with Crippen LogP contribution in [0.5, 0.6) is 0 Å². The maximum Gasteiger partial charge on any atom is 0.324 e. The molecule has 9 nitrogen and oxygen atoms in total. The molecule has 2 N–H and O–H groups in total. The molecule has 2 aromatic heterocycles. The average molecular weight is 602 g/mol. The summed E-state index contributed by atoms with van der Waals surface area (Å²) in [5.74, 6) is 0.983. The zero-order valence-corrected chi connectivity index (χ0v) is 26.2. The third-order valence-corrected chi connectivity index (χ3v) is 8.28. The second-order valence-corrected chi connectivity index (χ2v) is 12.9. The van der Waals surface area contributed by atoms with E-state index in [0.717, 1.165) is 58.5 Å². The molecule has 3 amide bonds. The summed E-state index contributed by atoms with van der Waals surface area (Å²) in [5, 5.41) is 10.8. The highest BCUT2D eigenvalue weighted by atomic mass is 16.2. The minimum atomic E-state index is -0.329. The van der Waals surface area contributed by atoms with Gasteiger partial charge in [-0.15, -0.1) is 0 Å². The van der Waals surface area contributed by atoms with Crippen molar-refractivity contribution in [2.24, 2.45) is 5.92 Å². The van der Waals surface area contributed by atoms with E-state index in [2.05, 4.69) is 47.4 Å². The van der Waals surface area contributed by atoms with Gasteiger partial charge in [-0.25, -0.2) is 14.5 Å². The summed E-state index contributed by atoms with van der Waals surface area (Å²) in [6.07, 6.45) is 4.27.